The minimum atomic E-state index is -0.828. The van der Waals surface area contributed by atoms with E-state index in [1.165, 1.54) is 0 Å². The summed E-state index contributed by atoms with van der Waals surface area (Å²) >= 11 is 11.8. The molecular weight excluding hydrogens is 507 g/mol. The summed E-state index contributed by atoms with van der Waals surface area (Å²) in [5, 5.41) is 10.9. The molecule has 0 radical (unpaired) electrons. The number of aliphatic carboxylic acids is 1. The summed E-state index contributed by atoms with van der Waals surface area (Å²) in [6.45, 7) is 0.275. The Morgan fingerprint density at radius 1 is 0.676 bits per heavy atom. The molecule has 4 aromatic rings. The molecular formula is C31H26Cl2O4. The minimum absolute atomic E-state index is 0.102. The van der Waals surface area contributed by atoms with Crippen LogP contribution in [-0.4, -0.2) is 23.5 Å². The Morgan fingerprint density at radius 2 is 1.16 bits per heavy atom. The molecule has 37 heavy (non-hydrogen) atoms. The Bertz CT molecular complexity index is 1330. The van der Waals surface area contributed by atoms with E-state index in [0.717, 1.165) is 16.7 Å². The monoisotopic (exact) mass is 532 g/mol. The normalized spacial score (nSPS) is 11.6. The van der Waals surface area contributed by atoms with Gasteiger partial charge in [-0.3, -0.25) is 9.59 Å². The Morgan fingerprint density at radius 3 is 1.70 bits per heavy atom. The van der Waals surface area contributed by atoms with Crippen molar-refractivity contribution in [3.8, 4) is 16.9 Å². The Hall–Kier alpha value is -3.60. The van der Waals surface area contributed by atoms with Crippen LogP contribution in [0.3, 0.4) is 0 Å². The van der Waals surface area contributed by atoms with Crippen LogP contribution in [0.25, 0.3) is 11.1 Å². The zero-order chi connectivity index (χ0) is 26.2. The lowest BCUT2D eigenvalue weighted by Crippen LogP contribution is -2.17. The molecule has 1 N–H and O–H groups in total. The number of ketones is 1. The molecule has 4 aromatic carbocycles. The number of carboxylic acid groups (broad SMARTS) is 1. The number of benzene rings is 4. The van der Waals surface area contributed by atoms with Gasteiger partial charge < -0.3 is 9.84 Å². The standard InChI is InChI=1S/C31H26Cl2O4/c32-27-13-7-23(8-14-27)22-4-1-21(2-5-22)3-6-26(31(35)36)19-20-37-29-17-11-25(12-18-29)30(34)24-9-15-28(33)16-10-24/h1-2,4-5,7-18,26H,3,6,19-20H2,(H,35,36). The second-order valence-electron chi connectivity index (χ2n) is 8.78. The predicted molar refractivity (Wildman–Crippen MR) is 148 cm³/mol. The molecule has 188 valence electrons. The fourth-order valence-corrected chi connectivity index (χ4v) is 4.28. The molecule has 0 spiro atoms. The SMILES string of the molecule is O=C(c1ccc(Cl)cc1)c1ccc(OCCC(CCc2ccc(-c3ccc(Cl)cc3)cc2)C(=O)O)cc1. The summed E-state index contributed by atoms with van der Waals surface area (Å²) in [5.41, 5.74) is 4.36. The van der Waals surface area contributed by atoms with Crippen molar-refractivity contribution in [1.82, 2.24) is 0 Å². The van der Waals surface area contributed by atoms with E-state index in [1.54, 1.807) is 48.5 Å². The minimum Gasteiger partial charge on any atom is -0.494 e. The maximum Gasteiger partial charge on any atom is 0.306 e. The first-order chi connectivity index (χ1) is 17.9. The zero-order valence-electron chi connectivity index (χ0n) is 20.1. The predicted octanol–water partition coefficient (Wildman–Crippen LogP) is 7.99. The van der Waals surface area contributed by atoms with Crippen molar-refractivity contribution < 1.29 is 19.4 Å². The number of hydrogen-bond acceptors (Lipinski definition) is 3. The van der Waals surface area contributed by atoms with Gasteiger partial charge in [-0.25, -0.2) is 0 Å². The van der Waals surface area contributed by atoms with E-state index >= 15 is 0 Å². The van der Waals surface area contributed by atoms with E-state index in [0.29, 0.717) is 46.2 Å². The molecule has 0 aliphatic carbocycles. The fourth-order valence-electron chi connectivity index (χ4n) is 4.03. The number of carboxylic acids is 1. The first kappa shape index (κ1) is 26.5. The number of halogens is 2. The molecule has 0 heterocycles. The topological polar surface area (TPSA) is 63.6 Å². The third-order valence-electron chi connectivity index (χ3n) is 6.22. The Balaban J connectivity index is 1.26. The number of rotatable bonds is 11. The van der Waals surface area contributed by atoms with Gasteiger partial charge in [0.15, 0.2) is 5.78 Å². The lowest BCUT2D eigenvalue weighted by atomic mass is 9.95. The van der Waals surface area contributed by atoms with Crippen molar-refractivity contribution in [2.24, 2.45) is 5.92 Å². The van der Waals surface area contributed by atoms with Crippen LogP contribution >= 0.6 is 23.2 Å². The summed E-state index contributed by atoms with van der Waals surface area (Å²) in [5.74, 6) is -0.850. The van der Waals surface area contributed by atoms with Crippen LogP contribution in [0.5, 0.6) is 5.75 Å². The van der Waals surface area contributed by atoms with Crippen LogP contribution in [0.2, 0.25) is 10.0 Å². The average Bonchev–Trinajstić information content (AvgIpc) is 2.91. The summed E-state index contributed by atoms with van der Waals surface area (Å²) in [6.07, 6.45) is 1.58. The molecule has 1 unspecified atom stereocenters. The van der Waals surface area contributed by atoms with Crippen molar-refractivity contribution in [2.45, 2.75) is 19.3 Å². The maximum atomic E-state index is 12.6. The number of aryl methyl sites for hydroxylation is 1. The van der Waals surface area contributed by atoms with E-state index < -0.39 is 11.9 Å². The summed E-state index contributed by atoms with van der Waals surface area (Å²) in [7, 11) is 0. The summed E-state index contributed by atoms with van der Waals surface area (Å²) in [4.78, 5) is 24.4. The number of ether oxygens (including phenoxy) is 1. The number of carbonyl (C=O) groups is 2. The molecule has 0 fully saturated rings. The second-order valence-corrected chi connectivity index (χ2v) is 9.65. The highest BCUT2D eigenvalue weighted by Gasteiger charge is 2.18. The van der Waals surface area contributed by atoms with Crippen molar-refractivity contribution in [3.05, 3.63) is 124 Å². The van der Waals surface area contributed by atoms with Gasteiger partial charge in [-0.05, 0) is 96.6 Å². The molecule has 0 saturated heterocycles. The molecule has 0 saturated carbocycles. The van der Waals surface area contributed by atoms with Gasteiger partial charge in [0, 0.05) is 21.2 Å². The van der Waals surface area contributed by atoms with Crippen LogP contribution < -0.4 is 4.74 Å². The third-order valence-corrected chi connectivity index (χ3v) is 6.72. The average molecular weight is 533 g/mol. The van der Waals surface area contributed by atoms with Crippen molar-refractivity contribution in [3.63, 3.8) is 0 Å². The molecule has 4 rings (SSSR count). The second kappa shape index (κ2) is 12.6. The van der Waals surface area contributed by atoms with Gasteiger partial charge in [0.05, 0.1) is 12.5 Å². The molecule has 0 aliphatic rings. The van der Waals surface area contributed by atoms with E-state index in [9.17, 15) is 14.7 Å². The first-order valence-electron chi connectivity index (χ1n) is 12.0. The van der Waals surface area contributed by atoms with Gasteiger partial charge in [-0.2, -0.15) is 0 Å². The lowest BCUT2D eigenvalue weighted by Gasteiger charge is -2.14. The number of hydrogen-bond donors (Lipinski definition) is 1. The molecule has 0 aliphatic heterocycles. The summed E-state index contributed by atoms with van der Waals surface area (Å²) < 4.78 is 5.77. The van der Waals surface area contributed by atoms with Crippen molar-refractivity contribution in [2.75, 3.05) is 6.61 Å². The number of carbonyl (C=O) groups excluding carboxylic acids is 1. The highest BCUT2D eigenvalue weighted by atomic mass is 35.5. The van der Waals surface area contributed by atoms with Crippen LogP contribution in [0.1, 0.15) is 34.3 Å². The van der Waals surface area contributed by atoms with Crippen LogP contribution in [0.4, 0.5) is 0 Å². The van der Waals surface area contributed by atoms with E-state index in [4.69, 9.17) is 27.9 Å². The highest BCUT2D eigenvalue weighted by molar-refractivity contribution is 6.31. The van der Waals surface area contributed by atoms with Crippen molar-refractivity contribution >= 4 is 35.0 Å². The van der Waals surface area contributed by atoms with Gasteiger partial charge >= 0.3 is 5.97 Å². The highest BCUT2D eigenvalue weighted by Crippen LogP contribution is 2.23. The maximum absolute atomic E-state index is 12.6. The molecule has 6 heteroatoms. The van der Waals surface area contributed by atoms with Gasteiger partial charge in [0.25, 0.3) is 0 Å². The Kier molecular flexibility index (Phi) is 8.99. The van der Waals surface area contributed by atoms with Crippen LogP contribution in [0.15, 0.2) is 97.1 Å². The van der Waals surface area contributed by atoms with E-state index in [-0.39, 0.29) is 12.4 Å². The molecule has 0 bridgehead atoms. The third kappa shape index (κ3) is 7.45. The molecule has 1 atom stereocenters. The summed E-state index contributed by atoms with van der Waals surface area (Å²) in [6, 6.07) is 29.4. The van der Waals surface area contributed by atoms with Gasteiger partial charge in [0.2, 0.25) is 0 Å². The molecule has 0 amide bonds. The van der Waals surface area contributed by atoms with Crippen molar-refractivity contribution in [1.29, 1.82) is 0 Å². The van der Waals surface area contributed by atoms with Gasteiger partial charge in [-0.15, -0.1) is 0 Å². The van der Waals surface area contributed by atoms with Gasteiger partial charge in [-0.1, -0.05) is 59.6 Å². The lowest BCUT2D eigenvalue weighted by molar-refractivity contribution is -0.142. The van der Waals surface area contributed by atoms with Crippen LogP contribution in [-0.2, 0) is 11.2 Å². The van der Waals surface area contributed by atoms with E-state index in [2.05, 4.69) is 0 Å². The van der Waals surface area contributed by atoms with Gasteiger partial charge in [0.1, 0.15) is 5.75 Å². The molecule has 4 nitrogen and oxygen atoms in total. The quantitative estimate of drug-likeness (QED) is 0.199. The smallest absolute Gasteiger partial charge is 0.306 e. The fraction of sp³-hybridized carbons (Fsp3) is 0.161. The Labute approximate surface area is 226 Å². The molecule has 0 aromatic heterocycles. The first-order valence-corrected chi connectivity index (χ1v) is 12.8. The largest absolute Gasteiger partial charge is 0.494 e. The van der Waals surface area contributed by atoms with Crippen LogP contribution in [0, 0.1) is 5.92 Å². The zero-order valence-corrected chi connectivity index (χ0v) is 21.6. The van der Waals surface area contributed by atoms with E-state index in [1.807, 2.05) is 48.5 Å².